The highest BCUT2D eigenvalue weighted by atomic mass is 35.5. The standard InChI is InChI=1S/C28H27Cl2F2N3O3/c29-21-6-1-7-22(30)24(21)26(36)35-23(27(37)38)16-17-8-11-19(12-9-17)28(31,32)14-2-5-20-13-10-18-4-3-15-33-25(18)34-20/h1,6-13,23H,2-5,14-16H2,(H,33,34)(H,35,36)(H,37,38)/t23-/m1/s1. The number of halogens is 4. The predicted molar refractivity (Wildman–Crippen MR) is 143 cm³/mol. The third kappa shape index (κ3) is 6.79. The van der Waals surface area contributed by atoms with E-state index in [9.17, 15) is 23.5 Å². The van der Waals surface area contributed by atoms with Gasteiger partial charge in [-0.15, -0.1) is 0 Å². The Balaban J connectivity index is 1.35. The molecule has 0 aliphatic carbocycles. The second kappa shape index (κ2) is 12.1. The van der Waals surface area contributed by atoms with E-state index in [0.717, 1.165) is 36.5 Å². The number of amides is 1. The first-order valence-electron chi connectivity index (χ1n) is 12.3. The number of alkyl halides is 2. The summed E-state index contributed by atoms with van der Waals surface area (Å²) in [7, 11) is 0. The summed E-state index contributed by atoms with van der Waals surface area (Å²) in [5, 5.41) is 15.4. The van der Waals surface area contributed by atoms with E-state index in [-0.39, 0.29) is 40.4 Å². The van der Waals surface area contributed by atoms with Gasteiger partial charge in [-0.1, -0.05) is 59.6 Å². The van der Waals surface area contributed by atoms with Crippen molar-refractivity contribution in [3.63, 3.8) is 0 Å². The van der Waals surface area contributed by atoms with E-state index in [1.54, 1.807) is 6.07 Å². The number of fused-ring (bicyclic) bond motifs is 1. The first kappa shape index (κ1) is 27.8. The molecule has 1 atom stereocenters. The van der Waals surface area contributed by atoms with E-state index in [4.69, 9.17) is 23.2 Å². The molecule has 38 heavy (non-hydrogen) atoms. The van der Waals surface area contributed by atoms with Gasteiger partial charge in [0, 0.05) is 30.6 Å². The summed E-state index contributed by atoms with van der Waals surface area (Å²) in [5.74, 6) is -4.21. The van der Waals surface area contributed by atoms with Crippen molar-refractivity contribution < 1.29 is 23.5 Å². The Morgan fingerprint density at radius 2 is 1.79 bits per heavy atom. The van der Waals surface area contributed by atoms with Gasteiger partial charge in [0.25, 0.3) is 11.8 Å². The maximum atomic E-state index is 14.9. The van der Waals surface area contributed by atoms with Gasteiger partial charge in [-0.05, 0) is 55.0 Å². The number of carboxylic acid groups (broad SMARTS) is 1. The highest BCUT2D eigenvalue weighted by Gasteiger charge is 2.31. The third-order valence-electron chi connectivity index (χ3n) is 6.48. The summed E-state index contributed by atoms with van der Waals surface area (Å²) in [4.78, 5) is 28.9. The van der Waals surface area contributed by atoms with Crippen molar-refractivity contribution in [1.82, 2.24) is 10.3 Å². The lowest BCUT2D eigenvalue weighted by Crippen LogP contribution is -2.42. The number of carbonyl (C=O) groups is 2. The van der Waals surface area contributed by atoms with Gasteiger partial charge < -0.3 is 15.7 Å². The zero-order valence-corrected chi connectivity index (χ0v) is 22.0. The van der Waals surface area contributed by atoms with Crippen LogP contribution in [0.15, 0.2) is 54.6 Å². The zero-order valence-electron chi connectivity index (χ0n) is 20.4. The maximum absolute atomic E-state index is 14.9. The first-order valence-corrected chi connectivity index (χ1v) is 13.1. The summed E-state index contributed by atoms with van der Waals surface area (Å²) in [6.07, 6.45) is 2.29. The minimum Gasteiger partial charge on any atom is -0.480 e. The summed E-state index contributed by atoms with van der Waals surface area (Å²) < 4.78 is 29.8. The number of carbonyl (C=O) groups excluding carboxylic acids is 1. The minimum atomic E-state index is -3.05. The van der Waals surface area contributed by atoms with Crippen LogP contribution < -0.4 is 10.6 Å². The number of nitrogens with zero attached hydrogens (tertiary/aromatic N) is 1. The molecule has 1 aliphatic rings. The van der Waals surface area contributed by atoms with Crippen LogP contribution in [0.1, 0.15) is 52.0 Å². The van der Waals surface area contributed by atoms with E-state index in [2.05, 4.69) is 15.6 Å². The molecule has 6 nitrogen and oxygen atoms in total. The Morgan fingerprint density at radius 3 is 2.47 bits per heavy atom. The number of aliphatic carboxylic acids is 1. The molecule has 0 saturated carbocycles. The van der Waals surface area contributed by atoms with Gasteiger partial charge in [-0.3, -0.25) is 4.79 Å². The van der Waals surface area contributed by atoms with Crippen LogP contribution in [0.2, 0.25) is 10.0 Å². The predicted octanol–water partition coefficient (Wildman–Crippen LogP) is 6.29. The summed E-state index contributed by atoms with van der Waals surface area (Å²) in [6.45, 7) is 0.868. The molecule has 2 aromatic carbocycles. The van der Waals surface area contributed by atoms with Crippen LogP contribution in [0.4, 0.5) is 14.6 Å². The molecule has 0 radical (unpaired) electrons. The Morgan fingerprint density at radius 1 is 1.08 bits per heavy atom. The maximum Gasteiger partial charge on any atom is 0.326 e. The molecular formula is C28H27Cl2F2N3O3. The SMILES string of the molecule is O=C(N[C@H](Cc1ccc(C(F)(F)CCCc2ccc3c(n2)NCCC3)cc1)C(=O)O)c1c(Cl)cccc1Cl. The fraction of sp³-hybridized carbons (Fsp3) is 0.321. The van der Waals surface area contributed by atoms with Crippen LogP contribution in [-0.4, -0.2) is 34.6 Å². The zero-order chi connectivity index (χ0) is 27.3. The van der Waals surface area contributed by atoms with Crippen LogP contribution in [0.5, 0.6) is 0 Å². The molecule has 200 valence electrons. The van der Waals surface area contributed by atoms with Crippen LogP contribution in [0, 0.1) is 0 Å². The summed E-state index contributed by atoms with van der Waals surface area (Å²) in [5.41, 5.74) is 2.24. The molecule has 1 aromatic heterocycles. The third-order valence-corrected chi connectivity index (χ3v) is 7.11. The van der Waals surface area contributed by atoms with Crippen LogP contribution >= 0.6 is 23.2 Å². The van der Waals surface area contributed by atoms with Crippen molar-refractivity contribution in [2.24, 2.45) is 0 Å². The second-order valence-electron chi connectivity index (χ2n) is 9.26. The van der Waals surface area contributed by atoms with Gasteiger partial charge in [0.15, 0.2) is 0 Å². The Labute approximate surface area is 229 Å². The molecule has 0 spiro atoms. The molecule has 0 fully saturated rings. The van der Waals surface area contributed by atoms with E-state index < -0.39 is 23.8 Å². The number of aromatic nitrogens is 1. The van der Waals surface area contributed by atoms with Crippen molar-refractivity contribution in [1.29, 1.82) is 0 Å². The number of anilines is 1. The molecule has 1 aliphatic heterocycles. The Hall–Kier alpha value is -3.23. The van der Waals surface area contributed by atoms with Crippen LogP contribution in [-0.2, 0) is 30.0 Å². The minimum absolute atomic E-state index is 0.0288. The average Bonchev–Trinajstić information content (AvgIpc) is 2.88. The lowest BCUT2D eigenvalue weighted by Gasteiger charge is -2.19. The van der Waals surface area contributed by atoms with Crippen molar-refractivity contribution in [3.05, 3.63) is 92.6 Å². The molecule has 2 heterocycles. The number of rotatable bonds is 10. The number of hydrogen-bond acceptors (Lipinski definition) is 4. The van der Waals surface area contributed by atoms with Gasteiger partial charge in [0.1, 0.15) is 11.9 Å². The molecule has 3 aromatic rings. The van der Waals surface area contributed by atoms with E-state index in [1.807, 2.05) is 12.1 Å². The monoisotopic (exact) mass is 561 g/mol. The molecule has 3 N–H and O–H groups in total. The average molecular weight is 562 g/mol. The summed E-state index contributed by atoms with van der Waals surface area (Å²) >= 11 is 12.1. The van der Waals surface area contributed by atoms with Gasteiger partial charge in [-0.2, -0.15) is 0 Å². The Kier molecular flexibility index (Phi) is 8.84. The lowest BCUT2D eigenvalue weighted by atomic mass is 9.98. The molecule has 4 rings (SSSR count). The van der Waals surface area contributed by atoms with E-state index >= 15 is 0 Å². The molecule has 10 heteroatoms. The molecule has 0 unspecified atom stereocenters. The number of aryl methyl sites for hydroxylation is 2. The number of nitrogens with one attached hydrogen (secondary N) is 2. The Bertz CT molecular complexity index is 1300. The van der Waals surface area contributed by atoms with Crippen molar-refractivity contribution in [2.45, 2.75) is 50.5 Å². The van der Waals surface area contributed by atoms with Gasteiger partial charge in [0.05, 0.1) is 15.6 Å². The van der Waals surface area contributed by atoms with Crippen LogP contribution in [0.3, 0.4) is 0 Å². The van der Waals surface area contributed by atoms with Gasteiger partial charge >= 0.3 is 5.97 Å². The summed E-state index contributed by atoms with van der Waals surface area (Å²) in [6, 6.07) is 12.6. The number of hydrogen-bond donors (Lipinski definition) is 3. The number of benzene rings is 2. The first-order chi connectivity index (χ1) is 18.1. The van der Waals surface area contributed by atoms with Crippen molar-refractivity contribution in [2.75, 3.05) is 11.9 Å². The second-order valence-corrected chi connectivity index (χ2v) is 10.1. The highest BCUT2D eigenvalue weighted by Crippen LogP contribution is 2.34. The molecular weight excluding hydrogens is 535 g/mol. The number of pyridine rings is 1. The van der Waals surface area contributed by atoms with Crippen molar-refractivity contribution >= 4 is 40.9 Å². The van der Waals surface area contributed by atoms with Crippen LogP contribution in [0.25, 0.3) is 0 Å². The fourth-order valence-corrected chi connectivity index (χ4v) is 4.98. The van der Waals surface area contributed by atoms with E-state index in [1.165, 1.54) is 36.4 Å². The van der Waals surface area contributed by atoms with Gasteiger partial charge in [-0.25, -0.2) is 18.6 Å². The normalized spacial score (nSPS) is 13.8. The number of carboxylic acids is 1. The lowest BCUT2D eigenvalue weighted by molar-refractivity contribution is -0.139. The largest absolute Gasteiger partial charge is 0.480 e. The smallest absolute Gasteiger partial charge is 0.326 e. The fourth-order valence-electron chi connectivity index (χ4n) is 4.41. The molecule has 1 amide bonds. The van der Waals surface area contributed by atoms with Crippen molar-refractivity contribution in [3.8, 4) is 0 Å². The molecule has 0 saturated heterocycles. The van der Waals surface area contributed by atoms with E-state index in [0.29, 0.717) is 12.0 Å². The topological polar surface area (TPSA) is 91.3 Å². The molecule has 0 bridgehead atoms. The highest BCUT2D eigenvalue weighted by molar-refractivity contribution is 6.39. The quantitative estimate of drug-likeness (QED) is 0.270. The van der Waals surface area contributed by atoms with Gasteiger partial charge in [0.2, 0.25) is 0 Å².